The molecule has 2 rings (SSSR count). The lowest BCUT2D eigenvalue weighted by Crippen LogP contribution is -2.27. The Hall–Kier alpha value is -1.36. The summed E-state index contributed by atoms with van der Waals surface area (Å²) in [4.78, 5) is 8.22. The molecular weight excluding hydrogens is 218 g/mol. The van der Waals surface area contributed by atoms with Crippen molar-refractivity contribution in [2.45, 2.75) is 38.7 Å². The van der Waals surface area contributed by atoms with Crippen LogP contribution in [0.5, 0.6) is 5.88 Å². The van der Waals surface area contributed by atoms with E-state index in [0.29, 0.717) is 11.7 Å². The molecule has 0 amide bonds. The van der Waals surface area contributed by atoms with Crippen LogP contribution in [0.3, 0.4) is 0 Å². The third kappa shape index (κ3) is 2.85. The predicted molar refractivity (Wildman–Crippen MR) is 65.0 cm³/mol. The Labute approximate surface area is 101 Å². The summed E-state index contributed by atoms with van der Waals surface area (Å²) in [5.74, 6) is 1.39. The first-order valence-electron chi connectivity index (χ1n) is 6.03. The second-order valence-electron chi connectivity index (χ2n) is 4.56. The smallest absolute Gasteiger partial charge is 0.222 e. The lowest BCUT2D eigenvalue weighted by molar-refractivity contribution is 0.0232. The highest BCUT2D eigenvalue weighted by Gasteiger charge is 2.20. The zero-order valence-electron chi connectivity index (χ0n) is 10.3. The van der Waals surface area contributed by atoms with Gasteiger partial charge in [0.25, 0.3) is 0 Å². The van der Waals surface area contributed by atoms with E-state index in [1.807, 2.05) is 0 Å². The minimum absolute atomic E-state index is 0.176. The topological polar surface area (TPSA) is 70.3 Å². The molecule has 1 aliphatic rings. The van der Waals surface area contributed by atoms with Gasteiger partial charge in [-0.1, -0.05) is 13.8 Å². The van der Waals surface area contributed by atoms with Crippen LogP contribution in [0.2, 0.25) is 0 Å². The molecule has 5 heteroatoms. The first-order valence-corrected chi connectivity index (χ1v) is 6.03. The Kier molecular flexibility index (Phi) is 3.78. The van der Waals surface area contributed by atoms with Crippen molar-refractivity contribution in [2.24, 2.45) is 0 Å². The van der Waals surface area contributed by atoms with Crippen LogP contribution in [0.4, 0.5) is 5.82 Å². The standard InChI is InChI=1S/C12H19N3O2/c1-8(2)10-11(13)14-7-15-12(10)17-9-3-5-16-6-4-9/h7-9H,3-6H2,1-2H3,(H2,13,14,15). The van der Waals surface area contributed by atoms with Crippen molar-refractivity contribution in [1.82, 2.24) is 9.97 Å². The molecule has 1 aromatic heterocycles. The van der Waals surface area contributed by atoms with E-state index in [1.54, 1.807) is 0 Å². The van der Waals surface area contributed by atoms with Crippen molar-refractivity contribution >= 4 is 5.82 Å². The summed E-state index contributed by atoms with van der Waals surface area (Å²) < 4.78 is 11.2. The second kappa shape index (κ2) is 5.31. The molecule has 0 atom stereocenters. The fraction of sp³-hybridized carbons (Fsp3) is 0.667. The molecule has 0 aliphatic carbocycles. The van der Waals surface area contributed by atoms with Crippen LogP contribution in [0.1, 0.15) is 38.2 Å². The minimum atomic E-state index is 0.176. The number of nitrogens with zero attached hydrogens (tertiary/aromatic N) is 2. The van der Waals surface area contributed by atoms with Gasteiger partial charge in [-0.25, -0.2) is 9.97 Å². The van der Waals surface area contributed by atoms with Gasteiger partial charge in [-0.2, -0.15) is 0 Å². The van der Waals surface area contributed by atoms with E-state index in [4.69, 9.17) is 15.2 Å². The van der Waals surface area contributed by atoms with E-state index in [-0.39, 0.29) is 12.0 Å². The van der Waals surface area contributed by atoms with E-state index >= 15 is 0 Å². The third-order valence-electron chi connectivity index (χ3n) is 2.90. The van der Waals surface area contributed by atoms with Crippen molar-refractivity contribution in [1.29, 1.82) is 0 Å². The monoisotopic (exact) mass is 237 g/mol. The normalized spacial score (nSPS) is 17.4. The van der Waals surface area contributed by atoms with Gasteiger partial charge in [-0.05, 0) is 5.92 Å². The maximum Gasteiger partial charge on any atom is 0.222 e. The molecular formula is C12H19N3O2. The lowest BCUT2D eigenvalue weighted by Gasteiger charge is -2.24. The molecule has 1 saturated heterocycles. The van der Waals surface area contributed by atoms with Crippen molar-refractivity contribution in [3.05, 3.63) is 11.9 Å². The summed E-state index contributed by atoms with van der Waals surface area (Å²) in [7, 11) is 0. The number of hydrogen-bond acceptors (Lipinski definition) is 5. The van der Waals surface area contributed by atoms with Gasteiger partial charge in [-0.15, -0.1) is 0 Å². The maximum atomic E-state index is 5.92. The predicted octanol–water partition coefficient (Wildman–Crippen LogP) is 1.74. The number of nitrogen functional groups attached to an aromatic ring is 1. The summed E-state index contributed by atoms with van der Waals surface area (Å²) >= 11 is 0. The minimum Gasteiger partial charge on any atom is -0.474 e. The van der Waals surface area contributed by atoms with Gasteiger partial charge < -0.3 is 15.2 Å². The SMILES string of the molecule is CC(C)c1c(N)ncnc1OC1CCOCC1. The Morgan fingerprint density at radius 3 is 2.71 bits per heavy atom. The maximum absolute atomic E-state index is 5.92. The van der Waals surface area contributed by atoms with Crippen LogP contribution >= 0.6 is 0 Å². The van der Waals surface area contributed by atoms with E-state index in [1.165, 1.54) is 6.33 Å². The van der Waals surface area contributed by atoms with E-state index in [9.17, 15) is 0 Å². The second-order valence-corrected chi connectivity index (χ2v) is 4.56. The number of aromatic nitrogens is 2. The van der Waals surface area contributed by atoms with Crippen LogP contribution in [-0.2, 0) is 4.74 Å². The molecule has 0 aromatic carbocycles. The third-order valence-corrected chi connectivity index (χ3v) is 2.90. The van der Waals surface area contributed by atoms with Crippen molar-refractivity contribution in [2.75, 3.05) is 18.9 Å². The highest BCUT2D eigenvalue weighted by atomic mass is 16.5. The van der Waals surface area contributed by atoms with Gasteiger partial charge in [0.15, 0.2) is 0 Å². The van der Waals surface area contributed by atoms with Crippen molar-refractivity contribution in [3.8, 4) is 5.88 Å². The van der Waals surface area contributed by atoms with Gasteiger partial charge in [0.1, 0.15) is 18.2 Å². The number of rotatable bonds is 3. The molecule has 1 aromatic rings. The summed E-state index contributed by atoms with van der Waals surface area (Å²) in [5, 5.41) is 0. The molecule has 0 saturated carbocycles. The molecule has 0 unspecified atom stereocenters. The zero-order chi connectivity index (χ0) is 12.3. The average Bonchev–Trinajstić information content (AvgIpc) is 2.30. The summed E-state index contributed by atoms with van der Waals surface area (Å²) in [5.41, 5.74) is 6.77. The quantitative estimate of drug-likeness (QED) is 0.867. The van der Waals surface area contributed by atoms with Gasteiger partial charge in [0, 0.05) is 12.8 Å². The molecule has 2 N–H and O–H groups in total. The highest BCUT2D eigenvalue weighted by molar-refractivity contribution is 5.46. The van der Waals surface area contributed by atoms with Gasteiger partial charge >= 0.3 is 0 Å². The van der Waals surface area contributed by atoms with Crippen molar-refractivity contribution in [3.63, 3.8) is 0 Å². The molecule has 1 fully saturated rings. The van der Waals surface area contributed by atoms with Gasteiger partial charge in [0.2, 0.25) is 5.88 Å². The molecule has 2 heterocycles. The van der Waals surface area contributed by atoms with E-state index in [0.717, 1.165) is 31.6 Å². The Morgan fingerprint density at radius 2 is 2.06 bits per heavy atom. The van der Waals surface area contributed by atoms with Crippen molar-refractivity contribution < 1.29 is 9.47 Å². The van der Waals surface area contributed by atoms with E-state index < -0.39 is 0 Å². The summed E-state index contributed by atoms with van der Waals surface area (Å²) in [6, 6.07) is 0. The molecule has 0 bridgehead atoms. The largest absolute Gasteiger partial charge is 0.474 e. The molecule has 94 valence electrons. The Bertz CT molecular complexity index is 376. The van der Waals surface area contributed by atoms with Crippen LogP contribution < -0.4 is 10.5 Å². The number of ether oxygens (including phenoxy) is 2. The Balaban J connectivity index is 2.16. The number of anilines is 1. The number of nitrogens with two attached hydrogens (primary N) is 1. The van der Waals surface area contributed by atoms with Crippen LogP contribution in [0.25, 0.3) is 0 Å². The average molecular weight is 237 g/mol. The molecule has 0 spiro atoms. The number of hydrogen-bond donors (Lipinski definition) is 1. The fourth-order valence-corrected chi connectivity index (χ4v) is 1.98. The molecule has 1 aliphatic heterocycles. The summed E-state index contributed by atoms with van der Waals surface area (Å²) in [6.45, 7) is 5.63. The molecule has 5 nitrogen and oxygen atoms in total. The van der Waals surface area contributed by atoms with Gasteiger partial charge in [-0.3, -0.25) is 0 Å². The Morgan fingerprint density at radius 1 is 1.35 bits per heavy atom. The lowest BCUT2D eigenvalue weighted by atomic mass is 10.1. The first-order chi connectivity index (χ1) is 8.18. The van der Waals surface area contributed by atoms with Crippen LogP contribution in [0.15, 0.2) is 6.33 Å². The molecule has 0 radical (unpaired) electrons. The summed E-state index contributed by atoms with van der Waals surface area (Å²) in [6.07, 6.45) is 3.44. The van der Waals surface area contributed by atoms with E-state index in [2.05, 4.69) is 23.8 Å². The van der Waals surface area contributed by atoms with Gasteiger partial charge in [0.05, 0.1) is 18.8 Å². The van der Waals surface area contributed by atoms with Crippen LogP contribution in [0, 0.1) is 0 Å². The fourth-order valence-electron chi connectivity index (χ4n) is 1.98. The highest BCUT2D eigenvalue weighted by Crippen LogP contribution is 2.29. The zero-order valence-corrected chi connectivity index (χ0v) is 10.3. The van der Waals surface area contributed by atoms with Crippen LogP contribution in [-0.4, -0.2) is 29.3 Å². The molecule has 17 heavy (non-hydrogen) atoms. The first kappa shape index (κ1) is 12.1.